The van der Waals surface area contributed by atoms with E-state index >= 15 is 0 Å². The van der Waals surface area contributed by atoms with Gasteiger partial charge >= 0.3 is 5.97 Å². The molecule has 0 aromatic heterocycles. The minimum atomic E-state index is -0.629. The van der Waals surface area contributed by atoms with Crippen molar-refractivity contribution in [1.82, 2.24) is 4.90 Å². The Balaban J connectivity index is 2.02. The van der Waals surface area contributed by atoms with Crippen LogP contribution in [-0.4, -0.2) is 43.4 Å². The number of methoxy groups -OCH3 is 1. The number of allylic oxidation sites excluding steroid dienone is 4. The van der Waals surface area contributed by atoms with Gasteiger partial charge in [0.15, 0.2) is 0 Å². The second-order valence-electron chi connectivity index (χ2n) is 5.18. The van der Waals surface area contributed by atoms with Crippen LogP contribution in [0.1, 0.15) is 19.3 Å². The maximum atomic E-state index is 11.9. The largest absolute Gasteiger partial charge is 0.468 e. The second-order valence-corrected chi connectivity index (χ2v) is 5.18. The molecule has 0 aromatic carbocycles. The van der Waals surface area contributed by atoms with Crippen molar-refractivity contribution in [3.8, 4) is 0 Å². The Bertz CT molecular complexity index is 462. The number of esters is 1. The van der Waals surface area contributed by atoms with Gasteiger partial charge in [-0.1, -0.05) is 30.4 Å². The number of likely N-dealkylation sites (tertiary alicyclic amines) is 1. The average molecular weight is 275 g/mol. The fraction of sp³-hybridized carbons (Fsp3) is 0.500. The lowest BCUT2D eigenvalue weighted by Gasteiger charge is -2.22. The molecule has 1 heterocycles. The number of ketones is 1. The molecule has 4 nitrogen and oxygen atoms in total. The first-order chi connectivity index (χ1) is 9.70. The van der Waals surface area contributed by atoms with Crippen molar-refractivity contribution in [3.05, 3.63) is 36.0 Å². The molecule has 2 rings (SSSR count). The van der Waals surface area contributed by atoms with Crippen LogP contribution < -0.4 is 0 Å². The Kier molecular flexibility index (Phi) is 5.30. The molecular formula is C16H21NO3. The number of Topliss-reactive ketones (excluding diaryl/α,β-unsaturated/α-hetero) is 1. The van der Waals surface area contributed by atoms with E-state index in [0.717, 1.165) is 25.9 Å². The maximum absolute atomic E-state index is 11.9. The zero-order valence-corrected chi connectivity index (χ0v) is 11.9. The van der Waals surface area contributed by atoms with Crippen LogP contribution in [0.4, 0.5) is 0 Å². The average Bonchev–Trinajstić information content (AvgIpc) is 2.80. The standard InChI is InChI=1S/C16H21NO3/c1-20-16(19)14-12-17(10-6-9-15(14)18)11-13-7-4-2-3-5-8-13/h2-4,7-8,14H,5-6,9-12H2,1H3. The second kappa shape index (κ2) is 7.20. The Labute approximate surface area is 119 Å². The molecule has 0 amide bonds. The van der Waals surface area contributed by atoms with Gasteiger partial charge in [-0.25, -0.2) is 0 Å². The first-order valence-corrected chi connectivity index (χ1v) is 7.06. The fourth-order valence-electron chi connectivity index (χ4n) is 2.59. The molecule has 1 aliphatic heterocycles. The molecule has 108 valence electrons. The topological polar surface area (TPSA) is 46.6 Å². The van der Waals surface area contributed by atoms with Crippen LogP contribution in [0.5, 0.6) is 0 Å². The van der Waals surface area contributed by atoms with E-state index in [-0.39, 0.29) is 5.78 Å². The zero-order chi connectivity index (χ0) is 14.4. The van der Waals surface area contributed by atoms with Gasteiger partial charge in [-0.2, -0.15) is 0 Å². The third-order valence-electron chi connectivity index (χ3n) is 3.69. The first-order valence-electron chi connectivity index (χ1n) is 7.06. The van der Waals surface area contributed by atoms with Crippen molar-refractivity contribution in [2.24, 2.45) is 5.92 Å². The van der Waals surface area contributed by atoms with E-state index in [1.165, 1.54) is 12.7 Å². The minimum absolute atomic E-state index is 0.00593. The molecule has 1 saturated heterocycles. The maximum Gasteiger partial charge on any atom is 0.317 e. The summed E-state index contributed by atoms with van der Waals surface area (Å²) in [6.45, 7) is 2.08. The number of carbonyl (C=O) groups excluding carboxylic acids is 2. The molecule has 2 aliphatic rings. The molecular weight excluding hydrogens is 254 g/mol. The number of ether oxygens (including phenoxy) is 1. The normalized spacial score (nSPS) is 23.9. The highest BCUT2D eigenvalue weighted by Crippen LogP contribution is 2.17. The number of carbonyl (C=O) groups is 2. The Morgan fingerprint density at radius 3 is 3.10 bits per heavy atom. The lowest BCUT2D eigenvalue weighted by atomic mass is 10.0. The van der Waals surface area contributed by atoms with Crippen LogP contribution in [0.25, 0.3) is 0 Å². The predicted octanol–water partition coefficient (Wildman–Crippen LogP) is 1.88. The summed E-state index contributed by atoms with van der Waals surface area (Å²) in [4.78, 5) is 25.8. The molecule has 4 heteroatoms. The van der Waals surface area contributed by atoms with Crippen LogP contribution in [-0.2, 0) is 14.3 Å². The summed E-state index contributed by atoms with van der Waals surface area (Å²) in [7, 11) is 1.34. The van der Waals surface area contributed by atoms with Crippen molar-refractivity contribution in [2.45, 2.75) is 19.3 Å². The van der Waals surface area contributed by atoms with E-state index in [1.54, 1.807) is 0 Å². The van der Waals surface area contributed by atoms with Gasteiger partial charge in [-0.05, 0) is 25.0 Å². The fourth-order valence-corrected chi connectivity index (χ4v) is 2.59. The highest BCUT2D eigenvalue weighted by molar-refractivity contribution is 5.99. The molecule has 0 radical (unpaired) electrons. The van der Waals surface area contributed by atoms with Gasteiger partial charge in [-0.3, -0.25) is 14.5 Å². The number of nitrogens with zero attached hydrogens (tertiary/aromatic N) is 1. The molecule has 0 bridgehead atoms. The molecule has 0 saturated carbocycles. The monoisotopic (exact) mass is 275 g/mol. The molecule has 0 aromatic rings. The summed E-state index contributed by atoms with van der Waals surface area (Å²) in [6.07, 6.45) is 12.6. The van der Waals surface area contributed by atoms with Gasteiger partial charge < -0.3 is 4.74 Å². The summed E-state index contributed by atoms with van der Waals surface area (Å²) < 4.78 is 4.75. The van der Waals surface area contributed by atoms with Gasteiger partial charge in [0.2, 0.25) is 0 Å². The van der Waals surface area contributed by atoms with Crippen LogP contribution in [0.2, 0.25) is 0 Å². The summed E-state index contributed by atoms with van der Waals surface area (Å²) in [6, 6.07) is 0. The van der Waals surface area contributed by atoms with E-state index in [1.807, 2.05) is 12.2 Å². The van der Waals surface area contributed by atoms with E-state index < -0.39 is 11.9 Å². The molecule has 0 N–H and O–H groups in total. The number of hydrogen-bond donors (Lipinski definition) is 0. The molecule has 1 unspecified atom stereocenters. The Hall–Kier alpha value is -1.68. The summed E-state index contributed by atoms with van der Waals surface area (Å²) in [5.74, 6) is -1.03. The predicted molar refractivity (Wildman–Crippen MR) is 77.2 cm³/mol. The third kappa shape index (κ3) is 3.90. The van der Waals surface area contributed by atoms with Gasteiger partial charge in [0.05, 0.1) is 7.11 Å². The molecule has 20 heavy (non-hydrogen) atoms. The van der Waals surface area contributed by atoms with Crippen LogP contribution in [0.3, 0.4) is 0 Å². The quantitative estimate of drug-likeness (QED) is 0.583. The van der Waals surface area contributed by atoms with Gasteiger partial charge in [-0.15, -0.1) is 0 Å². The van der Waals surface area contributed by atoms with Gasteiger partial charge in [0, 0.05) is 19.5 Å². The molecule has 1 atom stereocenters. The first kappa shape index (κ1) is 14.7. The van der Waals surface area contributed by atoms with Crippen molar-refractivity contribution in [1.29, 1.82) is 0 Å². The zero-order valence-electron chi connectivity index (χ0n) is 11.9. The third-order valence-corrected chi connectivity index (χ3v) is 3.69. The Morgan fingerprint density at radius 2 is 2.30 bits per heavy atom. The van der Waals surface area contributed by atoms with Crippen molar-refractivity contribution >= 4 is 11.8 Å². The highest BCUT2D eigenvalue weighted by Gasteiger charge is 2.31. The van der Waals surface area contributed by atoms with Crippen LogP contribution in [0, 0.1) is 5.92 Å². The van der Waals surface area contributed by atoms with Gasteiger partial charge in [0.25, 0.3) is 0 Å². The summed E-state index contributed by atoms with van der Waals surface area (Å²) in [5, 5.41) is 0. The lowest BCUT2D eigenvalue weighted by molar-refractivity contribution is -0.149. The SMILES string of the molecule is COC(=O)C1CN(CC2=CCC=CC=C2)CCCC1=O. The van der Waals surface area contributed by atoms with E-state index in [9.17, 15) is 9.59 Å². The molecule has 0 spiro atoms. The number of hydrogen-bond acceptors (Lipinski definition) is 4. The van der Waals surface area contributed by atoms with Gasteiger partial charge in [0.1, 0.15) is 11.7 Å². The molecule has 1 aliphatic carbocycles. The van der Waals surface area contributed by atoms with E-state index in [4.69, 9.17) is 4.74 Å². The van der Waals surface area contributed by atoms with Crippen molar-refractivity contribution < 1.29 is 14.3 Å². The van der Waals surface area contributed by atoms with Crippen molar-refractivity contribution in [3.63, 3.8) is 0 Å². The van der Waals surface area contributed by atoms with Crippen molar-refractivity contribution in [2.75, 3.05) is 26.7 Å². The van der Waals surface area contributed by atoms with Crippen LogP contribution in [0.15, 0.2) is 36.0 Å². The minimum Gasteiger partial charge on any atom is -0.468 e. The smallest absolute Gasteiger partial charge is 0.317 e. The summed E-state index contributed by atoms with van der Waals surface area (Å²) >= 11 is 0. The van der Waals surface area contributed by atoms with Crippen LogP contribution >= 0.6 is 0 Å². The summed E-state index contributed by atoms with van der Waals surface area (Å²) in [5.41, 5.74) is 1.23. The Morgan fingerprint density at radius 1 is 1.45 bits per heavy atom. The molecule has 1 fully saturated rings. The highest BCUT2D eigenvalue weighted by atomic mass is 16.5. The van der Waals surface area contributed by atoms with E-state index in [0.29, 0.717) is 13.0 Å². The van der Waals surface area contributed by atoms with E-state index in [2.05, 4.69) is 23.1 Å². The number of rotatable bonds is 3. The lowest BCUT2D eigenvalue weighted by Crippen LogP contribution is -2.36.